The van der Waals surface area contributed by atoms with Crippen molar-refractivity contribution in [1.29, 1.82) is 0 Å². The van der Waals surface area contributed by atoms with E-state index < -0.39 is 5.60 Å². The van der Waals surface area contributed by atoms with Gasteiger partial charge in [-0.2, -0.15) is 0 Å². The number of hydrogen-bond donors (Lipinski definition) is 4. The van der Waals surface area contributed by atoms with Gasteiger partial charge in [-0.25, -0.2) is 0 Å². The molecule has 1 atom stereocenters. The van der Waals surface area contributed by atoms with Crippen molar-refractivity contribution in [3.05, 3.63) is 23.8 Å². The van der Waals surface area contributed by atoms with Crippen molar-refractivity contribution in [3.63, 3.8) is 0 Å². The first-order valence-electron chi connectivity index (χ1n) is 5.53. The number of nitrogens with one attached hydrogen (secondary N) is 1. The normalized spacial score (nSPS) is 25.6. The molecule has 2 rings (SSSR count). The largest absolute Gasteiger partial charge is 0.508 e. The van der Waals surface area contributed by atoms with Crippen LogP contribution in [0.5, 0.6) is 11.5 Å². The standard InChI is InChI=1S/C12H17NO3/c14-10-3-2-9(11(15)6-10)7-12(16)4-1-5-13-8-12/h2-3,6,13-16H,1,4-5,7-8H2. The lowest BCUT2D eigenvalue weighted by atomic mass is 9.87. The van der Waals surface area contributed by atoms with E-state index in [-0.39, 0.29) is 11.5 Å². The second-order valence-corrected chi connectivity index (χ2v) is 4.49. The number of benzene rings is 1. The Morgan fingerprint density at radius 3 is 2.75 bits per heavy atom. The monoisotopic (exact) mass is 223 g/mol. The SMILES string of the molecule is Oc1ccc(CC2(O)CCCNC2)c(O)c1. The van der Waals surface area contributed by atoms with Crippen LogP contribution in [-0.4, -0.2) is 34.0 Å². The van der Waals surface area contributed by atoms with E-state index in [4.69, 9.17) is 0 Å². The van der Waals surface area contributed by atoms with E-state index in [1.165, 1.54) is 12.1 Å². The quantitative estimate of drug-likeness (QED) is 0.597. The Morgan fingerprint density at radius 1 is 1.31 bits per heavy atom. The van der Waals surface area contributed by atoms with Gasteiger partial charge in [0.15, 0.2) is 0 Å². The summed E-state index contributed by atoms with van der Waals surface area (Å²) in [5.74, 6) is 0.0778. The minimum absolute atomic E-state index is 0.0370. The zero-order chi connectivity index (χ0) is 11.6. The maximum absolute atomic E-state index is 10.3. The minimum Gasteiger partial charge on any atom is -0.508 e. The molecule has 0 spiro atoms. The third-order valence-electron chi connectivity index (χ3n) is 3.04. The zero-order valence-corrected chi connectivity index (χ0v) is 9.11. The molecule has 16 heavy (non-hydrogen) atoms. The molecule has 1 fully saturated rings. The van der Waals surface area contributed by atoms with E-state index in [1.54, 1.807) is 6.07 Å². The highest BCUT2D eigenvalue weighted by Crippen LogP contribution is 2.28. The topological polar surface area (TPSA) is 72.7 Å². The van der Waals surface area contributed by atoms with E-state index in [1.807, 2.05) is 0 Å². The molecule has 1 unspecified atom stereocenters. The molecule has 1 heterocycles. The van der Waals surface area contributed by atoms with Crippen LogP contribution in [0.25, 0.3) is 0 Å². The molecule has 1 aromatic rings. The lowest BCUT2D eigenvalue weighted by Gasteiger charge is -2.32. The van der Waals surface area contributed by atoms with E-state index in [2.05, 4.69) is 5.32 Å². The van der Waals surface area contributed by atoms with Crippen molar-refractivity contribution in [1.82, 2.24) is 5.32 Å². The van der Waals surface area contributed by atoms with Crippen molar-refractivity contribution in [2.45, 2.75) is 24.9 Å². The summed E-state index contributed by atoms with van der Waals surface area (Å²) in [6.45, 7) is 1.48. The van der Waals surface area contributed by atoms with Gasteiger partial charge in [-0.3, -0.25) is 0 Å². The molecule has 0 amide bonds. The zero-order valence-electron chi connectivity index (χ0n) is 9.11. The van der Waals surface area contributed by atoms with Crippen molar-refractivity contribution in [2.24, 2.45) is 0 Å². The Morgan fingerprint density at radius 2 is 2.12 bits per heavy atom. The Labute approximate surface area is 94.5 Å². The highest BCUT2D eigenvalue weighted by atomic mass is 16.3. The Balaban J connectivity index is 2.13. The number of hydrogen-bond acceptors (Lipinski definition) is 4. The van der Waals surface area contributed by atoms with Gasteiger partial charge in [0, 0.05) is 19.0 Å². The van der Waals surface area contributed by atoms with Crippen molar-refractivity contribution < 1.29 is 15.3 Å². The summed E-state index contributed by atoms with van der Waals surface area (Å²) in [5, 5.41) is 32.2. The van der Waals surface area contributed by atoms with Crippen LogP contribution < -0.4 is 5.32 Å². The Hall–Kier alpha value is -1.26. The summed E-state index contributed by atoms with van der Waals surface area (Å²) >= 11 is 0. The fourth-order valence-electron chi connectivity index (χ4n) is 2.16. The van der Waals surface area contributed by atoms with Gasteiger partial charge in [0.1, 0.15) is 11.5 Å². The summed E-state index contributed by atoms with van der Waals surface area (Å²) < 4.78 is 0. The number of aromatic hydroxyl groups is 2. The van der Waals surface area contributed by atoms with Crippen LogP contribution in [0.1, 0.15) is 18.4 Å². The number of piperidine rings is 1. The van der Waals surface area contributed by atoms with E-state index in [0.29, 0.717) is 18.5 Å². The van der Waals surface area contributed by atoms with Crippen molar-refractivity contribution >= 4 is 0 Å². The molecule has 4 nitrogen and oxygen atoms in total. The molecule has 0 radical (unpaired) electrons. The molecule has 1 aromatic carbocycles. The summed E-state index contributed by atoms with van der Waals surface area (Å²) in [6, 6.07) is 4.47. The molecule has 88 valence electrons. The summed E-state index contributed by atoms with van der Waals surface area (Å²) in [4.78, 5) is 0. The highest BCUT2D eigenvalue weighted by molar-refractivity contribution is 5.39. The van der Waals surface area contributed by atoms with Gasteiger partial charge in [0.25, 0.3) is 0 Å². The molecule has 1 saturated heterocycles. The summed E-state index contributed by atoms with van der Waals surface area (Å²) in [5.41, 5.74) is -0.115. The van der Waals surface area contributed by atoms with Gasteiger partial charge in [-0.05, 0) is 31.0 Å². The molecule has 0 bridgehead atoms. The molecule has 0 aromatic heterocycles. The Kier molecular flexibility index (Phi) is 3.03. The number of phenols is 2. The minimum atomic E-state index is -0.785. The smallest absolute Gasteiger partial charge is 0.122 e. The predicted octanol–water partition coefficient (Wildman–Crippen LogP) is 0.755. The van der Waals surface area contributed by atoms with Crippen LogP contribution in [0.3, 0.4) is 0 Å². The molecule has 1 aliphatic rings. The maximum atomic E-state index is 10.3. The lowest BCUT2D eigenvalue weighted by Crippen LogP contribution is -2.47. The second-order valence-electron chi connectivity index (χ2n) is 4.49. The van der Waals surface area contributed by atoms with Gasteiger partial charge in [0.2, 0.25) is 0 Å². The first-order valence-corrected chi connectivity index (χ1v) is 5.53. The maximum Gasteiger partial charge on any atom is 0.122 e. The van der Waals surface area contributed by atoms with Gasteiger partial charge < -0.3 is 20.6 Å². The first kappa shape index (κ1) is 11.2. The average molecular weight is 223 g/mol. The van der Waals surface area contributed by atoms with E-state index in [0.717, 1.165) is 19.4 Å². The number of β-amino-alcohol motifs (C(OH)–C–C–N with tert-alkyl or cyclic N) is 1. The highest BCUT2D eigenvalue weighted by Gasteiger charge is 2.30. The number of rotatable bonds is 2. The molecule has 4 heteroatoms. The van der Waals surface area contributed by atoms with Gasteiger partial charge in [-0.15, -0.1) is 0 Å². The third-order valence-corrected chi connectivity index (χ3v) is 3.04. The molecule has 0 aliphatic carbocycles. The van der Waals surface area contributed by atoms with Gasteiger partial charge in [-0.1, -0.05) is 6.07 Å². The van der Waals surface area contributed by atoms with Crippen molar-refractivity contribution in [2.75, 3.05) is 13.1 Å². The van der Waals surface area contributed by atoms with Crippen LogP contribution >= 0.6 is 0 Å². The Bertz CT molecular complexity index is 373. The molecular formula is C12H17NO3. The lowest BCUT2D eigenvalue weighted by molar-refractivity contribution is 0.0164. The molecule has 4 N–H and O–H groups in total. The van der Waals surface area contributed by atoms with E-state index >= 15 is 0 Å². The van der Waals surface area contributed by atoms with Crippen LogP contribution in [-0.2, 0) is 6.42 Å². The number of aliphatic hydroxyl groups is 1. The average Bonchev–Trinajstić information content (AvgIpc) is 2.23. The van der Waals surface area contributed by atoms with Crippen LogP contribution in [0.15, 0.2) is 18.2 Å². The number of phenolic OH excluding ortho intramolecular Hbond substituents is 2. The predicted molar refractivity (Wildman–Crippen MR) is 60.5 cm³/mol. The van der Waals surface area contributed by atoms with Gasteiger partial charge in [0.05, 0.1) is 5.60 Å². The van der Waals surface area contributed by atoms with Gasteiger partial charge >= 0.3 is 0 Å². The fraction of sp³-hybridized carbons (Fsp3) is 0.500. The van der Waals surface area contributed by atoms with Crippen LogP contribution in [0.2, 0.25) is 0 Å². The summed E-state index contributed by atoms with van der Waals surface area (Å²) in [6.07, 6.45) is 2.09. The molecule has 1 aliphatic heterocycles. The van der Waals surface area contributed by atoms with E-state index in [9.17, 15) is 15.3 Å². The fourth-order valence-corrected chi connectivity index (χ4v) is 2.16. The second kappa shape index (κ2) is 4.31. The summed E-state index contributed by atoms with van der Waals surface area (Å²) in [7, 11) is 0. The third kappa shape index (κ3) is 2.46. The molecule has 0 saturated carbocycles. The first-order chi connectivity index (χ1) is 7.59. The van der Waals surface area contributed by atoms with Crippen LogP contribution in [0, 0.1) is 0 Å². The molecular weight excluding hydrogens is 206 g/mol. The van der Waals surface area contributed by atoms with Crippen molar-refractivity contribution in [3.8, 4) is 11.5 Å². The van der Waals surface area contributed by atoms with Crippen LogP contribution in [0.4, 0.5) is 0 Å².